The van der Waals surface area contributed by atoms with Crippen molar-refractivity contribution in [2.45, 2.75) is 6.61 Å². The number of para-hydroxylation sites is 1. The van der Waals surface area contributed by atoms with Crippen molar-refractivity contribution >= 4 is 10.8 Å². The molecule has 3 aromatic carbocycles. The van der Waals surface area contributed by atoms with Crippen LogP contribution in [-0.2, 0) is 6.61 Å². The van der Waals surface area contributed by atoms with Crippen molar-refractivity contribution in [3.8, 4) is 11.5 Å². The normalized spacial score (nSPS) is 10.6. The molecule has 0 aromatic heterocycles. The highest BCUT2D eigenvalue weighted by molar-refractivity contribution is 5.87. The molecule has 0 saturated carbocycles. The minimum absolute atomic E-state index is 0.0339. The van der Waals surface area contributed by atoms with E-state index in [4.69, 9.17) is 4.74 Å². The molecule has 0 aliphatic rings. The Morgan fingerprint density at radius 3 is 2.42 bits per heavy atom. The standard InChI is InChI=1S/C17H14O2/c18-12-14-6-4-5-13-9-10-16(11-17(13)14)19-15-7-2-1-3-8-15/h1-11,18H,12H2. The first-order valence-corrected chi connectivity index (χ1v) is 6.22. The Labute approximate surface area is 111 Å². The molecule has 0 fully saturated rings. The molecule has 0 bridgehead atoms. The summed E-state index contributed by atoms with van der Waals surface area (Å²) in [4.78, 5) is 0. The predicted molar refractivity (Wildman–Crippen MR) is 76.4 cm³/mol. The third-order valence-electron chi connectivity index (χ3n) is 3.09. The van der Waals surface area contributed by atoms with Gasteiger partial charge in [-0.15, -0.1) is 0 Å². The van der Waals surface area contributed by atoms with Crippen molar-refractivity contribution in [2.24, 2.45) is 0 Å². The summed E-state index contributed by atoms with van der Waals surface area (Å²) < 4.78 is 5.80. The van der Waals surface area contributed by atoms with Gasteiger partial charge in [0.2, 0.25) is 0 Å². The number of hydrogen-bond donors (Lipinski definition) is 1. The molecule has 1 N–H and O–H groups in total. The molecule has 94 valence electrons. The Bertz CT molecular complexity index is 690. The topological polar surface area (TPSA) is 29.5 Å². The van der Waals surface area contributed by atoms with Crippen molar-refractivity contribution in [1.29, 1.82) is 0 Å². The monoisotopic (exact) mass is 250 g/mol. The number of benzene rings is 3. The van der Waals surface area contributed by atoms with Gasteiger partial charge in [-0.25, -0.2) is 0 Å². The summed E-state index contributed by atoms with van der Waals surface area (Å²) in [5, 5.41) is 11.5. The van der Waals surface area contributed by atoms with Gasteiger partial charge in [0.1, 0.15) is 11.5 Å². The fourth-order valence-electron chi connectivity index (χ4n) is 2.14. The van der Waals surface area contributed by atoms with Crippen LogP contribution in [0.4, 0.5) is 0 Å². The lowest BCUT2D eigenvalue weighted by Gasteiger charge is -2.08. The van der Waals surface area contributed by atoms with E-state index in [1.165, 1.54) is 0 Å². The molecule has 0 heterocycles. The summed E-state index contributed by atoms with van der Waals surface area (Å²) in [6.45, 7) is 0.0339. The number of fused-ring (bicyclic) bond motifs is 1. The van der Waals surface area contributed by atoms with E-state index in [0.717, 1.165) is 27.8 Å². The average molecular weight is 250 g/mol. The molecule has 0 saturated heterocycles. The van der Waals surface area contributed by atoms with E-state index in [9.17, 15) is 5.11 Å². The maximum Gasteiger partial charge on any atom is 0.128 e. The maximum atomic E-state index is 9.38. The van der Waals surface area contributed by atoms with Crippen LogP contribution in [0.25, 0.3) is 10.8 Å². The van der Waals surface area contributed by atoms with Crippen molar-refractivity contribution < 1.29 is 9.84 Å². The minimum atomic E-state index is 0.0339. The Morgan fingerprint density at radius 2 is 1.63 bits per heavy atom. The third-order valence-corrected chi connectivity index (χ3v) is 3.09. The fourth-order valence-corrected chi connectivity index (χ4v) is 2.14. The molecule has 3 aromatic rings. The van der Waals surface area contributed by atoms with Gasteiger partial charge in [0.15, 0.2) is 0 Å². The van der Waals surface area contributed by atoms with Crippen LogP contribution in [0, 0.1) is 0 Å². The van der Waals surface area contributed by atoms with Crippen LogP contribution in [0.1, 0.15) is 5.56 Å². The van der Waals surface area contributed by atoms with Crippen LogP contribution in [0.3, 0.4) is 0 Å². The lowest BCUT2D eigenvalue weighted by Crippen LogP contribution is -1.88. The van der Waals surface area contributed by atoms with E-state index >= 15 is 0 Å². The maximum absolute atomic E-state index is 9.38. The van der Waals surface area contributed by atoms with E-state index in [-0.39, 0.29) is 6.61 Å². The van der Waals surface area contributed by atoms with Gasteiger partial charge >= 0.3 is 0 Å². The van der Waals surface area contributed by atoms with E-state index in [2.05, 4.69) is 0 Å². The Balaban J connectivity index is 2.01. The minimum Gasteiger partial charge on any atom is -0.457 e. The van der Waals surface area contributed by atoms with Crippen LogP contribution in [-0.4, -0.2) is 5.11 Å². The Morgan fingerprint density at radius 1 is 0.789 bits per heavy atom. The van der Waals surface area contributed by atoms with E-state index in [1.54, 1.807) is 0 Å². The van der Waals surface area contributed by atoms with E-state index in [0.29, 0.717) is 0 Å². The highest BCUT2D eigenvalue weighted by Crippen LogP contribution is 2.27. The van der Waals surface area contributed by atoms with Crippen molar-refractivity contribution in [1.82, 2.24) is 0 Å². The molecule has 2 heteroatoms. The highest BCUT2D eigenvalue weighted by atomic mass is 16.5. The molecular formula is C17H14O2. The molecule has 0 radical (unpaired) electrons. The Kier molecular flexibility index (Phi) is 3.17. The summed E-state index contributed by atoms with van der Waals surface area (Å²) in [5.74, 6) is 1.59. The van der Waals surface area contributed by atoms with Crippen LogP contribution in [0.5, 0.6) is 11.5 Å². The number of hydrogen-bond acceptors (Lipinski definition) is 2. The zero-order valence-electron chi connectivity index (χ0n) is 10.4. The van der Waals surface area contributed by atoms with Crippen LogP contribution in [0.2, 0.25) is 0 Å². The molecule has 2 nitrogen and oxygen atoms in total. The summed E-state index contributed by atoms with van der Waals surface area (Å²) in [6.07, 6.45) is 0. The largest absolute Gasteiger partial charge is 0.457 e. The van der Waals surface area contributed by atoms with Gasteiger partial charge in [0.05, 0.1) is 6.61 Å². The summed E-state index contributed by atoms with van der Waals surface area (Å²) in [6, 6.07) is 21.5. The smallest absolute Gasteiger partial charge is 0.128 e. The lowest BCUT2D eigenvalue weighted by molar-refractivity contribution is 0.283. The van der Waals surface area contributed by atoms with Crippen LogP contribution < -0.4 is 4.74 Å². The summed E-state index contributed by atoms with van der Waals surface area (Å²) in [5.41, 5.74) is 0.913. The van der Waals surface area contributed by atoms with Crippen molar-refractivity contribution in [3.05, 3.63) is 72.3 Å². The second-order valence-electron chi connectivity index (χ2n) is 4.37. The third kappa shape index (κ3) is 2.44. The van der Waals surface area contributed by atoms with Gasteiger partial charge in [-0.1, -0.05) is 42.5 Å². The molecule has 0 unspecified atom stereocenters. The predicted octanol–water partition coefficient (Wildman–Crippen LogP) is 4.12. The van der Waals surface area contributed by atoms with Crippen molar-refractivity contribution in [3.63, 3.8) is 0 Å². The second-order valence-corrected chi connectivity index (χ2v) is 4.37. The lowest BCUT2D eigenvalue weighted by atomic mass is 10.0. The fraction of sp³-hybridized carbons (Fsp3) is 0.0588. The number of aliphatic hydroxyl groups is 1. The Hall–Kier alpha value is -2.32. The number of ether oxygens (including phenoxy) is 1. The van der Waals surface area contributed by atoms with Gasteiger partial charge < -0.3 is 9.84 Å². The van der Waals surface area contributed by atoms with E-state index < -0.39 is 0 Å². The zero-order valence-corrected chi connectivity index (χ0v) is 10.4. The molecule has 0 spiro atoms. The summed E-state index contributed by atoms with van der Waals surface area (Å²) in [7, 11) is 0. The van der Waals surface area contributed by atoms with Gasteiger partial charge in [-0.2, -0.15) is 0 Å². The molecule has 19 heavy (non-hydrogen) atoms. The molecular weight excluding hydrogens is 236 g/mol. The van der Waals surface area contributed by atoms with Crippen LogP contribution in [0.15, 0.2) is 66.7 Å². The zero-order chi connectivity index (χ0) is 13.1. The summed E-state index contributed by atoms with van der Waals surface area (Å²) >= 11 is 0. The number of aliphatic hydroxyl groups excluding tert-OH is 1. The molecule has 0 aliphatic carbocycles. The molecule has 0 aliphatic heterocycles. The van der Waals surface area contributed by atoms with Gasteiger partial charge in [0, 0.05) is 0 Å². The van der Waals surface area contributed by atoms with Gasteiger partial charge in [-0.05, 0) is 40.6 Å². The van der Waals surface area contributed by atoms with Crippen molar-refractivity contribution in [2.75, 3.05) is 0 Å². The van der Waals surface area contributed by atoms with Crippen LogP contribution >= 0.6 is 0 Å². The SMILES string of the molecule is OCc1cccc2ccc(Oc3ccccc3)cc12. The first-order chi connectivity index (χ1) is 9.36. The second kappa shape index (κ2) is 5.12. The van der Waals surface area contributed by atoms with E-state index in [1.807, 2.05) is 66.7 Å². The first-order valence-electron chi connectivity index (χ1n) is 6.22. The average Bonchev–Trinajstić information content (AvgIpc) is 2.47. The van der Waals surface area contributed by atoms with Gasteiger partial charge in [-0.3, -0.25) is 0 Å². The highest BCUT2D eigenvalue weighted by Gasteiger charge is 2.03. The number of rotatable bonds is 3. The molecule has 0 amide bonds. The van der Waals surface area contributed by atoms with Gasteiger partial charge in [0.25, 0.3) is 0 Å². The molecule has 3 rings (SSSR count). The molecule has 0 atom stereocenters. The quantitative estimate of drug-likeness (QED) is 0.757. The first kappa shape index (κ1) is 11.8.